The molecular formula is C22H25N3O2. The van der Waals surface area contributed by atoms with Gasteiger partial charge in [0.05, 0.1) is 18.3 Å². The first kappa shape index (κ1) is 17.7. The van der Waals surface area contributed by atoms with Crippen LogP contribution in [0.2, 0.25) is 0 Å². The lowest BCUT2D eigenvalue weighted by atomic mass is 10.1. The van der Waals surface area contributed by atoms with Gasteiger partial charge in [-0.05, 0) is 56.0 Å². The highest BCUT2D eigenvalue weighted by Gasteiger charge is 2.18. The Labute approximate surface area is 159 Å². The topological polar surface area (TPSA) is 49.2 Å². The van der Waals surface area contributed by atoms with Crippen LogP contribution in [0, 0.1) is 6.92 Å². The minimum absolute atomic E-state index is 0.251. The lowest BCUT2D eigenvalue weighted by Crippen LogP contribution is -2.25. The summed E-state index contributed by atoms with van der Waals surface area (Å²) in [6, 6.07) is 18.2. The van der Waals surface area contributed by atoms with E-state index in [0.717, 1.165) is 54.3 Å². The number of hydrogen-bond donors (Lipinski definition) is 0. The third-order valence-electron chi connectivity index (χ3n) is 5.01. The van der Waals surface area contributed by atoms with E-state index in [0.29, 0.717) is 6.61 Å². The molecule has 1 fully saturated rings. The van der Waals surface area contributed by atoms with Crippen molar-refractivity contribution >= 4 is 0 Å². The fraction of sp³-hybridized carbons (Fsp3) is 0.364. The predicted octanol–water partition coefficient (Wildman–Crippen LogP) is 4.40. The van der Waals surface area contributed by atoms with E-state index >= 15 is 0 Å². The maximum absolute atomic E-state index is 5.86. The Morgan fingerprint density at radius 2 is 1.89 bits per heavy atom. The van der Waals surface area contributed by atoms with Crippen LogP contribution in [0.4, 0.5) is 0 Å². The molecule has 0 spiro atoms. The van der Waals surface area contributed by atoms with E-state index in [1.807, 2.05) is 47.1 Å². The summed E-state index contributed by atoms with van der Waals surface area (Å²) in [5, 5.41) is 8.73. The van der Waals surface area contributed by atoms with Crippen LogP contribution >= 0.6 is 0 Å². The molecule has 5 heteroatoms. The van der Waals surface area contributed by atoms with Crippen LogP contribution in [-0.4, -0.2) is 27.7 Å². The monoisotopic (exact) mass is 363 g/mol. The van der Waals surface area contributed by atoms with E-state index < -0.39 is 0 Å². The Morgan fingerprint density at radius 1 is 1.07 bits per heavy atom. The quantitative estimate of drug-likeness (QED) is 0.651. The van der Waals surface area contributed by atoms with Crippen molar-refractivity contribution in [2.24, 2.45) is 0 Å². The summed E-state index contributed by atoms with van der Waals surface area (Å²) in [7, 11) is 0. The molecule has 2 heterocycles. The van der Waals surface area contributed by atoms with Gasteiger partial charge in [-0.2, -0.15) is 0 Å². The summed E-state index contributed by atoms with van der Waals surface area (Å²) >= 11 is 0. The third-order valence-corrected chi connectivity index (χ3v) is 5.01. The first-order valence-electron chi connectivity index (χ1n) is 9.58. The molecule has 5 nitrogen and oxygen atoms in total. The van der Waals surface area contributed by atoms with Crippen molar-refractivity contribution in [2.45, 2.75) is 45.4 Å². The summed E-state index contributed by atoms with van der Waals surface area (Å²) < 4.78 is 13.7. The normalized spacial score (nSPS) is 17.0. The highest BCUT2D eigenvalue weighted by Crippen LogP contribution is 2.24. The zero-order valence-corrected chi connectivity index (χ0v) is 15.7. The van der Waals surface area contributed by atoms with Crippen molar-refractivity contribution in [1.29, 1.82) is 0 Å². The van der Waals surface area contributed by atoms with Crippen molar-refractivity contribution < 1.29 is 9.47 Å². The summed E-state index contributed by atoms with van der Waals surface area (Å²) in [5.41, 5.74) is 4.20. The third kappa shape index (κ3) is 4.37. The Hall–Kier alpha value is -2.66. The van der Waals surface area contributed by atoms with E-state index in [-0.39, 0.29) is 6.10 Å². The second-order valence-corrected chi connectivity index (χ2v) is 6.99. The van der Waals surface area contributed by atoms with Crippen LogP contribution in [0.15, 0.2) is 54.6 Å². The largest absolute Gasteiger partial charge is 0.489 e. The van der Waals surface area contributed by atoms with Crippen LogP contribution in [0.5, 0.6) is 5.75 Å². The van der Waals surface area contributed by atoms with Gasteiger partial charge in [-0.3, -0.25) is 0 Å². The summed E-state index contributed by atoms with van der Waals surface area (Å²) in [6.07, 6.45) is 3.75. The van der Waals surface area contributed by atoms with Crippen LogP contribution in [0.25, 0.3) is 11.3 Å². The average molecular weight is 363 g/mol. The van der Waals surface area contributed by atoms with Crippen LogP contribution in [-0.2, 0) is 17.9 Å². The molecule has 0 N–H and O–H groups in total. The molecule has 3 aromatic rings. The molecule has 1 aromatic heterocycles. The van der Waals surface area contributed by atoms with Crippen molar-refractivity contribution in [3.8, 4) is 17.0 Å². The molecule has 0 saturated carbocycles. The Morgan fingerprint density at radius 3 is 2.63 bits per heavy atom. The number of nitrogens with zero attached hydrogens (tertiary/aromatic N) is 3. The molecule has 0 amide bonds. The smallest absolute Gasteiger partial charge is 0.119 e. The second-order valence-electron chi connectivity index (χ2n) is 6.99. The van der Waals surface area contributed by atoms with Crippen LogP contribution < -0.4 is 4.74 Å². The van der Waals surface area contributed by atoms with Gasteiger partial charge in [-0.1, -0.05) is 35.5 Å². The summed E-state index contributed by atoms with van der Waals surface area (Å²) in [5.74, 6) is 0.850. The minimum atomic E-state index is 0.251. The molecule has 2 aromatic carbocycles. The number of aromatic nitrogens is 3. The van der Waals surface area contributed by atoms with E-state index in [1.165, 1.54) is 6.42 Å². The highest BCUT2D eigenvalue weighted by molar-refractivity contribution is 5.61. The molecule has 1 aliphatic heterocycles. The molecule has 140 valence electrons. The van der Waals surface area contributed by atoms with E-state index in [9.17, 15) is 0 Å². The fourth-order valence-corrected chi connectivity index (χ4v) is 3.39. The van der Waals surface area contributed by atoms with Crippen molar-refractivity contribution in [1.82, 2.24) is 15.0 Å². The molecule has 4 rings (SSSR count). The maximum atomic E-state index is 5.86. The zero-order chi connectivity index (χ0) is 18.5. The molecule has 1 aliphatic rings. The van der Waals surface area contributed by atoms with Crippen molar-refractivity contribution in [3.63, 3.8) is 0 Å². The van der Waals surface area contributed by atoms with Crippen molar-refractivity contribution in [3.05, 3.63) is 65.9 Å². The van der Waals surface area contributed by atoms with Crippen molar-refractivity contribution in [2.75, 3.05) is 6.61 Å². The molecule has 27 heavy (non-hydrogen) atoms. The van der Waals surface area contributed by atoms with Crippen LogP contribution in [0.3, 0.4) is 0 Å². The Bertz CT molecular complexity index is 853. The lowest BCUT2D eigenvalue weighted by Gasteiger charge is -2.22. The number of hydrogen-bond acceptors (Lipinski definition) is 4. The molecular weight excluding hydrogens is 338 g/mol. The van der Waals surface area contributed by atoms with E-state index in [4.69, 9.17) is 9.47 Å². The van der Waals surface area contributed by atoms with Gasteiger partial charge in [-0.25, -0.2) is 4.68 Å². The van der Waals surface area contributed by atoms with E-state index in [1.54, 1.807) is 0 Å². The maximum Gasteiger partial charge on any atom is 0.119 e. The number of rotatable bonds is 6. The molecule has 1 atom stereocenters. The molecule has 0 radical (unpaired) electrons. The first-order chi connectivity index (χ1) is 13.3. The number of benzene rings is 2. The van der Waals surface area contributed by atoms with Gasteiger partial charge < -0.3 is 9.47 Å². The summed E-state index contributed by atoms with van der Waals surface area (Å²) in [6.45, 7) is 4.27. The fourth-order valence-electron chi connectivity index (χ4n) is 3.39. The van der Waals surface area contributed by atoms with Crippen LogP contribution in [0.1, 0.15) is 30.5 Å². The number of ether oxygens (including phenoxy) is 2. The van der Waals surface area contributed by atoms with E-state index in [2.05, 4.69) is 29.4 Å². The highest BCUT2D eigenvalue weighted by atomic mass is 16.5. The Kier molecular flexibility index (Phi) is 5.49. The molecule has 1 saturated heterocycles. The van der Waals surface area contributed by atoms with Gasteiger partial charge in [0.25, 0.3) is 0 Å². The zero-order valence-electron chi connectivity index (χ0n) is 15.7. The minimum Gasteiger partial charge on any atom is -0.489 e. The first-order valence-corrected chi connectivity index (χ1v) is 9.58. The van der Waals surface area contributed by atoms with Gasteiger partial charge in [-0.15, -0.1) is 5.10 Å². The average Bonchev–Trinajstić information content (AvgIpc) is 3.09. The van der Waals surface area contributed by atoms with Gasteiger partial charge in [0, 0.05) is 12.2 Å². The predicted molar refractivity (Wildman–Crippen MR) is 105 cm³/mol. The molecule has 0 bridgehead atoms. The van der Waals surface area contributed by atoms with Gasteiger partial charge >= 0.3 is 0 Å². The summed E-state index contributed by atoms with van der Waals surface area (Å²) in [4.78, 5) is 0. The molecule has 0 aliphatic carbocycles. The standard InChI is InChI=1S/C22H25N3O2/c1-17-22(23-24-25(17)15-21-9-5-6-14-26-21)19-10-12-20(13-11-19)27-16-18-7-3-2-4-8-18/h2-4,7-8,10-13,21H,5-6,9,14-16H2,1H3/t21-/m1/s1. The lowest BCUT2D eigenvalue weighted by molar-refractivity contribution is 0.00337. The van der Waals surface area contributed by atoms with Gasteiger partial charge in [0.2, 0.25) is 0 Å². The Balaban J connectivity index is 1.41. The molecule has 0 unspecified atom stereocenters. The SMILES string of the molecule is Cc1c(-c2ccc(OCc3ccccc3)cc2)nnn1C[C@H]1CCCCO1. The second kappa shape index (κ2) is 8.35. The van der Waals surface area contributed by atoms with Gasteiger partial charge in [0.15, 0.2) is 0 Å². The van der Waals surface area contributed by atoms with Gasteiger partial charge in [0.1, 0.15) is 18.1 Å².